The Labute approximate surface area is 176 Å². The molecule has 1 aromatic carbocycles. The lowest BCUT2D eigenvalue weighted by Crippen LogP contribution is -2.37. The quantitative estimate of drug-likeness (QED) is 0.195. The monoisotopic (exact) mass is 487 g/mol. The smallest absolute Gasteiger partial charge is 0.341 e. The summed E-state index contributed by atoms with van der Waals surface area (Å²) in [5.74, 6) is 0.757. The number of aromatic nitrogens is 2. The largest absolute Gasteiger partial charge is 0.496 e. The highest BCUT2D eigenvalue weighted by atomic mass is 127. The van der Waals surface area contributed by atoms with Gasteiger partial charge in [-0.15, -0.1) is 24.0 Å². The number of nitrogens with zero attached hydrogens (tertiary/aromatic N) is 3. The summed E-state index contributed by atoms with van der Waals surface area (Å²) in [6.45, 7) is 2.14. The Hall–Kier alpha value is -2.30. The van der Waals surface area contributed by atoms with Crippen molar-refractivity contribution in [1.29, 1.82) is 0 Å². The number of hydrogen-bond acceptors (Lipinski definition) is 5. The highest BCUT2D eigenvalue weighted by molar-refractivity contribution is 14.0. The average molecular weight is 487 g/mol. The van der Waals surface area contributed by atoms with Crippen LogP contribution in [0.1, 0.15) is 22.3 Å². The third-order valence-electron chi connectivity index (χ3n) is 3.77. The number of guanidine groups is 1. The number of esters is 1. The van der Waals surface area contributed by atoms with Gasteiger partial charge in [0.05, 0.1) is 14.2 Å². The van der Waals surface area contributed by atoms with Crippen LogP contribution in [0.4, 0.5) is 0 Å². The molecule has 0 aliphatic carbocycles. The van der Waals surface area contributed by atoms with Crippen LogP contribution in [0.5, 0.6) is 5.75 Å². The van der Waals surface area contributed by atoms with Gasteiger partial charge in [-0.1, -0.05) is 6.07 Å². The number of carbonyl (C=O) groups is 1. The number of aliphatic imine (C=N–C) groups is 1. The van der Waals surface area contributed by atoms with Crippen LogP contribution >= 0.6 is 24.0 Å². The topological polar surface area (TPSA) is 89.8 Å². The Morgan fingerprint density at radius 1 is 1.30 bits per heavy atom. The lowest BCUT2D eigenvalue weighted by molar-refractivity contribution is 0.0597. The molecule has 2 N–H and O–H groups in total. The van der Waals surface area contributed by atoms with E-state index in [4.69, 9.17) is 9.47 Å². The van der Waals surface area contributed by atoms with Crippen molar-refractivity contribution in [2.75, 3.05) is 27.8 Å². The molecule has 148 valence electrons. The molecule has 27 heavy (non-hydrogen) atoms. The van der Waals surface area contributed by atoms with E-state index in [1.54, 1.807) is 25.4 Å². The van der Waals surface area contributed by atoms with E-state index in [0.29, 0.717) is 23.8 Å². The fourth-order valence-corrected chi connectivity index (χ4v) is 2.42. The highest BCUT2D eigenvalue weighted by Gasteiger charge is 2.13. The number of nitrogens with one attached hydrogen (secondary N) is 2. The minimum Gasteiger partial charge on any atom is -0.496 e. The Morgan fingerprint density at radius 2 is 2.11 bits per heavy atom. The zero-order valence-electron chi connectivity index (χ0n) is 15.8. The van der Waals surface area contributed by atoms with Crippen LogP contribution in [0, 0.1) is 0 Å². The predicted octanol–water partition coefficient (Wildman–Crippen LogP) is 2.05. The van der Waals surface area contributed by atoms with Gasteiger partial charge < -0.3 is 20.1 Å². The number of benzene rings is 1. The van der Waals surface area contributed by atoms with Crippen molar-refractivity contribution in [2.24, 2.45) is 4.99 Å². The second kappa shape index (κ2) is 12.2. The number of methoxy groups -OCH3 is 2. The Bertz CT molecular complexity index is 735. The number of carbonyl (C=O) groups excluding carboxylic acids is 1. The van der Waals surface area contributed by atoms with Crippen molar-refractivity contribution in [2.45, 2.75) is 19.5 Å². The van der Waals surface area contributed by atoms with E-state index in [1.807, 2.05) is 23.0 Å². The summed E-state index contributed by atoms with van der Waals surface area (Å²) in [7, 11) is 4.59. The van der Waals surface area contributed by atoms with E-state index < -0.39 is 5.97 Å². The fourth-order valence-electron chi connectivity index (χ4n) is 2.42. The normalized spacial score (nSPS) is 10.7. The molecule has 0 aliphatic heterocycles. The molecule has 2 aromatic rings. The molecule has 0 saturated carbocycles. The van der Waals surface area contributed by atoms with Crippen LogP contribution in [0.25, 0.3) is 0 Å². The summed E-state index contributed by atoms with van der Waals surface area (Å²) in [4.78, 5) is 16.0. The molecule has 0 spiro atoms. The number of halogens is 1. The van der Waals surface area contributed by atoms with Crippen LogP contribution in [0.15, 0.2) is 41.7 Å². The van der Waals surface area contributed by atoms with Gasteiger partial charge in [0.2, 0.25) is 0 Å². The van der Waals surface area contributed by atoms with Crippen molar-refractivity contribution in [3.8, 4) is 5.75 Å². The zero-order chi connectivity index (χ0) is 18.8. The molecular weight excluding hydrogens is 461 g/mol. The molecule has 9 heteroatoms. The predicted molar refractivity (Wildman–Crippen MR) is 115 cm³/mol. The van der Waals surface area contributed by atoms with Gasteiger partial charge >= 0.3 is 5.97 Å². The van der Waals surface area contributed by atoms with E-state index in [2.05, 4.69) is 20.7 Å². The zero-order valence-corrected chi connectivity index (χ0v) is 18.1. The van der Waals surface area contributed by atoms with Gasteiger partial charge in [0.1, 0.15) is 11.3 Å². The van der Waals surface area contributed by atoms with Crippen molar-refractivity contribution in [3.05, 3.63) is 47.8 Å². The highest BCUT2D eigenvalue weighted by Crippen LogP contribution is 2.20. The molecule has 0 radical (unpaired) electrons. The van der Waals surface area contributed by atoms with Gasteiger partial charge in [0, 0.05) is 39.1 Å². The standard InChI is InChI=1S/C18H25N5O3.HI/c1-19-18(20-8-4-10-23-11-5-9-22-23)21-13-14-6-7-16(25-2)15(12-14)17(24)26-3;/h5-7,9,11-12H,4,8,10,13H2,1-3H3,(H2,19,20,21);1H. The number of aryl methyl sites for hydroxylation is 1. The molecule has 0 unspecified atom stereocenters. The van der Waals surface area contributed by atoms with Crippen LogP contribution in [-0.2, 0) is 17.8 Å². The minimum absolute atomic E-state index is 0. The Kier molecular flexibility index (Phi) is 10.2. The van der Waals surface area contributed by atoms with Crippen LogP contribution in [0.3, 0.4) is 0 Å². The summed E-state index contributed by atoms with van der Waals surface area (Å²) in [5, 5.41) is 10.6. The maximum absolute atomic E-state index is 11.8. The Morgan fingerprint density at radius 3 is 2.74 bits per heavy atom. The van der Waals surface area contributed by atoms with E-state index in [9.17, 15) is 4.79 Å². The molecule has 8 nitrogen and oxygen atoms in total. The average Bonchev–Trinajstić information content (AvgIpc) is 3.20. The first-order valence-corrected chi connectivity index (χ1v) is 8.35. The van der Waals surface area contributed by atoms with Crippen LogP contribution < -0.4 is 15.4 Å². The number of rotatable bonds is 8. The maximum atomic E-state index is 11.8. The first kappa shape index (κ1) is 22.7. The molecule has 0 bridgehead atoms. The molecule has 1 heterocycles. The van der Waals surface area contributed by atoms with E-state index in [-0.39, 0.29) is 24.0 Å². The van der Waals surface area contributed by atoms with E-state index >= 15 is 0 Å². The first-order valence-electron chi connectivity index (χ1n) is 8.35. The lowest BCUT2D eigenvalue weighted by atomic mass is 10.1. The van der Waals surface area contributed by atoms with Crippen molar-refractivity contribution < 1.29 is 14.3 Å². The molecule has 0 fully saturated rings. The molecule has 0 amide bonds. The fraction of sp³-hybridized carbons (Fsp3) is 0.389. The third kappa shape index (κ3) is 7.08. The minimum atomic E-state index is -0.426. The van der Waals surface area contributed by atoms with Gasteiger partial charge in [-0.05, 0) is 30.2 Å². The first-order chi connectivity index (χ1) is 12.7. The van der Waals surface area contributed by atoms with Crippen molar-refractivity contribution >= 4 is 35.9 Å². The van der Waals surface area contributed by atoms with Gasteiger partial charge in [-0.2, -0.15) is 5.10 Å². The lowest BCUT2D eigenvalue weighted by Gasteiger charge is -2.13. The SMILES string of the molecule is CN=C(NCCCn1cccn1)NCc1ccc(OC)c(C(=O)OC)c1.I. The molecule has 1 aromatic heterocycles. The summed E-state index contributed by atoms with van der Waals surface area (Å²) >= 11 is 0. The second-order valence-electron chi connectivity index (χ2n) is 5.50. The molecular formula is C18H26IN5O3. The number of ether oxygens (including phenoxy) is 2. The molecule has 2 rings (SSSR count). The number of hydrogen-bond donors (Lipinski definition) is 2. The van der Waals surface area contributed by atoms with Gasteiger partial charge in [0.25, 0.3) is 0 Å². The maximum Gasteiger partial charge on any atom is 0.341 e. The third-order valence-corrected chi connectivity index (χ3v) is 3.77. The van der Waals surface area contributed by atoms with Crippen molar-refractivity contribution in [3.63, 3.8) is 0 Å². The van der Waals surface area contributed by atoms with Crippen molar-refractivity contribution in [1.82, 2.24) is 20.4 Å². The summed E-state index contributed by atoms with van der Waals surface area (Å²) < 4.78 is 11.9. The molecule has 0 atom stereocenters. The Balaban J connectivity index is 0.00000364. The second-order valence-corrected chi connectivity index (χ2v) is 5.50. The van der Waals surface area contributed by atoms with Crippen LogP contribution in [-0.4, -0.2) is 49.5 Å². The van der Waals surface area contributed by atoms with E-state index in [1.165, 1.54) is 14.2 Å². The van der Waals surface area contributed by atoms with Gasteiger partial charge in [0.15, 0.2) is 5.96 Å². The van der Waals surface area contributed by atoms with E-state index in [0.717, 1.165) is 25.1 Å². The molecule has 0 aliphatic rings. The van der Waals surface area contributed by atoms with Gasteiger partial charge in [-0.25, -0.2) is 4.79 Å². The van der Waals surface area contributed by atoms with Crippen LogP contribution in [0.2, 0.25) is 0 Å². The molecule has 0 saturated heterocycles. The van der Waals surface area contributed by atoms with Gasteiger partial charge in [-0.3, -0.25) is 9.67 Å². The summed E-state index contributed by atoms with van der Waals surface area (Å²) in [5.41, 5.74) is 1.32. The summed E-state index contributed by atoms with van der Waals surface area (Å²) in [6.07, 6.45) is 4.64. The summed E-state index contributed by atoms with van der Waals surface area (Å²) in [6, 6.07) is 7.31.